The average molecular weight is 464 g/mol. The second-order valence-electron chi connectivity index (χ2n) is 3.82. The van der Waals surface area contributed by atoms with E-state index in [1.54, 1.807) is 8.93 Å². The normalized spacial score (nSPS) is 16.8. The first-order valence-electron chi connectivity index (χ1n) is 5.29. The van der Waals surface area contributed by atoms with Crippen molar-refractivity contribution in [3.8, 4) is 0 Å². The second kappa shape index (κ2) is 6.23. The Labute approximate surface area is 133 Å². The Morgan fingerprint density at radius 3 is 2.89 bits per heavy atom. The highest BCUT2D eigenvalue weighted by Crippen LogP contribution is 2.44. The highest BCUT2D eigenvalue weighted by molar-refractivity contribution is 14.2. The number of amides is 1. The van der Waals surface area contributed by atoms with Gasteiger partial charge in [0.2, 0.25) is 0 Å². The van der Waals surface area contributed by atoms with E-state index in [1.165, 1.54) is 18.2 Å². The van der Waals surface area contributed by atoms with Gasteiger partial charge in [-0.05, 0) is 39.4 Å². The molecule has 19 heavy (non-hydrogen) atoms. The van der Waals surface area contributed by atoms with Crippen molar-refractivity contribution in [1.29, 1.82) is 0 Å². The van der Waals surface area contributed by atoms with Crippen LogP contribution in [-0.2, 0) is 15.5 Å². The monoisotopic (exact) mass is 463 g/mol. The van der Waals surface area contributed by atoms with Crippen LogP contribution in [0.3, 0.4) is 0 Å². The maximum Gasteiger partial charge on any atom is 0.352 e. The zero-order valence-corrected chi connectivity index (χ0v) is 14.1. The van der Waals surface area contributed by atoms with Gasteiger partial charge in [0.15, 0.2) is 0 Å². The topological polar surface area (TPSA) is 29.5 Å². The van der Waals surface area contributed by atoms with E-state index in [-0.39, 0.29) is 18.0 Å². The molecular formula is C11H9BrF2INO2S. The lowest BCUT2D eigenvalue weighted by Crippen LogP contribution is -2.36. The van der Waals surface area contributed by atoms with E-state index in [0.717, 1.165) is 10.7 Å². The van der Waals surface area contributed by atoms with Gasteiger partial charge in [-0.1, -0.05) is 24.9 Å². The van der Waals surface area contributed by atoms with Crippen LogP contribution >= 0.6 is 46.1 Å². The number of anilines is 1. The van der Waals surface area contributed by atoms with Gasteiger partial charge in [-0.15, -0.1) is 0 Å². The van der Waals surface area contributed by atoms with E-state index < -0.39 is 11.8 Å². The van der Waals surface area contributed by atoms with Gasteiger partial charge in [-0.2, -0.15) is 8.78 Å². The van der Waals surface area contributed by atoms with Crippen molar-refractivity contribution < 1.29 is 18.3 Å². The molecule has 0 aromatic heterocycles. The van der Waals surface area contributed by atoms with Crippen LogP contribution in [0, 0.1) is 0 Å². The molecule has 1 aromatic rings. The Morgan fingerprint density at radius 2 is 2.21 bits per heavy atom. The molecule has 0 radical (unpaired) electrons. The number of carbonyl (C=O) groups excluding carboxylic acids is 1. The van der Waals surface area contributed by atoms with Crippen molar-refractivity contribution in [3.63, 3.8) is 0 Å². The van der Waals surface area contributed by atoms with Crippen LogP contribution in [0.15, 0.2) is 22.7 Å². The van der Waals surface area contributed by atoms with E-state index in [2.05, 4.69) is 37.1 Å². The van der Waals surface area contributed by atoms with E-state index in [4.69, 9.17) is 4.74 Å². The standard InChI is InChI=1S/C11H9BrF2INO2S/c12-7-1-2-8-9(5-7)16(6-18-3-4-19-15)10(17)11(8,13)14/h1-2,5H,3-4,6H2. The number of nitrogens with zero attached hydrogens (tertiary/aromatic N) is 1. The smallest absolute Gasteiger partial charge is 0.352 e. The first-order valence-corrected chi connectivity index (χ1v) is 9.61. The molecule has 0 N–H and O–H groups in total. The summed E-state index contributed by atoms with van der Waals surface area (Å²) in [7, 11) is 1.56. The summed E-state index contributed by atoms with van der Waals surface area (Å²) in [6, 6.07) is 4.26. The Bertz CT molecular complexity index is 504. The minimum absolute atomic E-state index is 0.158. The number of alkyl halides is 2. The zero-order valence-electron chi connectivity index (χ0n) is 9.54. The fraction of sp³-hybridized carbons (Fsp3) is 0.364. The Balaban J connectivity index is 2.21. The molecule has 0 spiro atoms. The maximum absolute atomic E-state index is 13.8. The summed E-state index contributed by atoms with van der Waals surface area (Å²) in [5.74, 6) is -3.97. The van der Waals surface area contributed by atoms with Crippen LogP contribution in [0.5, 0.6) is 0 Å². The largest absolute Gasteiger partial charge is 0.360 e. The summed E-state index contributed by atoms with van der Waals surface area (Å²) in [6.45, 7) is 0.251. The lowest BCUT2D eigenvalue weighted by Gasteiger charge is -2.17. The van der Waals surface area contributed by atoms with Crippen molar-refractivity contribution in [2.45, 2.75) is 5.92 Å². The van der Waals surface area contributed by atoms with Gasteiger partial charge in [0, 0.05) is 10.2 Å². The number of fused-ring (bicyclic) bond motifs is 1. The number of halogens is 4. The second-order valence-corrected chi connectivity index (χ2v) is 7.23. The van der Waals surface area contributed by atoms with Crippen molar-refractivity contribution in [3.05, 3.63) is 28.2 Å². The molecule has 0 bridgehead atoms. The predicted molar refractivity (Wildman–Crippen MR) is 82.8 cm³/mol. The molecule has 104 valence electrons. The Hall–Kier alpha value is 0.0700. The van der Waals surface area contributed by atoms with Gasteiger partial charge >= 0.3 is 11.8 Å². The molecular weight excluding hydrogens is 455 g/mol. The highest BCUT2D eigenvalue weighted by Gasteiger charge is 2.52. The Kier molecular flexibility index (Phi) is 5.07. The first-order chi connectivity index (χ1) is 8.98. The van der Waals surface area contributed by atoms with Gasteiger partial charge in [-0.3, -0.25) is 9.69 Å². The van der Waals surface area contributed by atoms with Crippen LogP contribution in [0.4, 0.5) is 14.5 Å². The number of hydrogen-bond acceptors (Lipinski definition) is 3. The van der Waals surface area contributed by atoms with Gasteiger partial charge in [0.1, 0.15) is 6.73 Å². The minimum atomic E-state index is -3.47. The molecule has 1 aliphatic rings. The van der Waals surface area contributed by atoms with Crippen molar-refractivity contribution in [2.24, 2.45) is 0 Å². The summed E-state index contributed by atoms with van der Waals surface area (Å²) in [5.41, 5.74) is -0.0703. The number of hydrogen-bond donors (Lipinski definition) is 0. The zero-order chi connectivity index (χ0) is 14.0. The average Bonchev–Trinajstić information content (AvgIpc) is 2.54. The highest BCUT2D eigenvalue weighted by atomic mass is 127. The molecule has 1 amide bonds. The quantitative estimate of drug-likeness (QED) is 0.489. The van der Waals surface area contributed by atoms with Gasteiger partial charge in [-0.25, -0.2) is 0 Å². The predicted octanol–water partition coefficient (Wildman–Crippen LogP) is 3.94. The summed E-state index contributed by atoms with van der Waals surface area (Å²) < 4.78 is 33.5. The number of carbonyl (C=O) groups is 1. The van der Waals surface area contributed by atoms with E-state index in [1.807, 2.05) is 0 Å². The number of ether oxygens (including phenoxy) is 1. The Morgan fingerprint density at radius 1 is 1.47 bits per heavy atom. The van der Waals surface area contributed by atoms with Crippen molar-refractivity contribution in [2.75, 3.05) is 24.0 Å². The summed E-state index contributed by atoms with van der Waals surface area (Å²) in [4.78, 5) is 12.7. The molecule has 0 saturated heterocycles. The van der Waals surface area contributed by atoms with Crippen LogP contribution in [0.1, 0.15) is 5.56 Å². The molecule has 3 nitrogen and oxygen atoms in total. The van der Waals surface area contributed by atoms with Crippen LogP contribution in [0.25, 0.3) is 0 Å². The first kappa shape index (κ1) is 15.5. The minimum Gasteiger partial charge on any atom is -0.360 e. The molecule has 0 fully saturated rings. The lowest BCUT2D eigenvalue weighted by molar-refractivity contribution is -0.142. The van der Waals surface area contributed by atoms with Gasteiger partial charge in [0.25, 0.3) is 0 Å². The number of rotatable bonds is 5. The maximum atomic E-state index is 13.8. The molecule has 0 saturated carbocycles. The number of benzene rings is 1. The molecule has 0 unspecified atom stereocenters. The fourth-order valence-corrected chi connectivity index (χ4v) is 2.83. The van der Waals surface area contributed by atoms with Crippen LogP contribution in [-0.4, -0.2) is 25.0 Å². The molecule has 8 heteroatoms. The molecule has 1 aliphatic heterocycles. The summed E-state index contributed by atoms with van der Waals surface area (Å²) in [6.07, 6.45) is 0. The molecule has 0 aliphatic carbocycles. The third kappa shape index (κ3) is 3.06. The molecule has 0 atom stereocenters. The van der Waals surface area contributed by atoms with E-state index in [0.29, 0.717) is 11.1 Å². The van der Waals surface area contributed by atoms with Gasteiger partial charge in [0.05, 0.1) is 17.9 Å². The third-order valence-electron chi connectivity index (χ3n) is 2.63. The van der Waals surface area contributed by atoms with Crippen LogP contribution in [0.2, 0.25) is 0 Å². The van der Waals surface area contributed by atoms with Gasteiger partial charge < -0.3 is 4.74 Å². The lowest BCUT2D eigenvalue weighted by atomic mass is 10.1. The molecule has 1 aromatic carbocycles. The van der Waals surface area contributed by atoms with E-state index in [9.17, 15) is 13.6 Å². The summed E-state index contributed by atoms with van der Waals surface area (Å²) in [5, 5.41) is 0. The molecule has 2 rings (SSSR count). The summed E-state index contributed by atoms with van der Waals surface area (Å²) >= 11 is 5.33. The van der Waals surface area contributed by atoms with Crippen LogP contribution < -0.4 is 4.90 Å². The van der Waals surface area contributed by atoms with E-state index >= 15 is 0 Å². The fourth-order valence-electron chi connectivity index (χ4n) is 1.76. The van der Waals surface area contributed by atoms with Crippen molar-refractivity contribution in [1.82, 2.24) is 0 Å². The van der Waals surface area contributed by atoms with Crippen molar-refractivity contribution >= 4 is 57.7 Å². The third-order valence-corrected chi connectivity index (χ3v) is 4.76. The molecule has 1 heterocycles. The SMILES string of the molecule is O=C1N(COCCSI)c2cc(Br)ccc2C1(F)F.